The normalized spacial score (nSPS) is 11.0. The van der Waals surface area contributed by atoms with Gasteiger partial charge in [-0.15, -0.1) is 0 Å². The number of carboxylic acid groups (broad SMARTS) is 1. The van der Waals surface area contributed by atoms with Crippen molar-refractivity contribution in [1.82, 2.24) is 10.2 Å². The van der Waals surface area contributed by atoms with Crippen LogP contribution in [0.2, 0.25) is 0 Å². The molecule has 0 aliphatic rings. The fourth-order valence-electron chi connectivity index (χ4n) is 1.55. The number of para-hydroxylation sites is 2. The molecule has 0 saturated heterocycles. The number of aromatic nitrogens is 2. The summed E-state index contributed by atoms with van der Waals surface area (Å²) in [5, 5.41) is 24.4. The van der Waals surface area contributed by atoms with E-state index in [4.69, 9.17) is 5.11 Å². The molecule has 0 fully saturated rings. The number of nitrogens with zero attached hydrogens (tertiary/aromatic N) is 2. The lowest BCUT2D eigenvalue weighted by Gasteiger charge is -2.07. The summed E-state index contributed by atoms with van der Waals surface area (Å²) in [5.41, 5.74) is -1.31. The zero-order valence-corrected chi connectivity index (χ0v) is 11.0. The standard InChI is InChI=1S/C10H8N4O6S/c15-10(16)6-5-11-12-9(6)21(19,20)13-7-3-1-2-4-8(7)14(17)18/h1-5,13H,(H,11,12)(H,15,16). The van der Waals surface area contributed by atoms with Crippen molar-refractivity contribution in [2.45, 2.75) is 5.03 Å². The lowest BCUT2D eigenvalue weighted by atomic mass is 10.3. The molecule has 0 bridgehead atoms. The Morgan fingerprint density at radius 3 is 2.67 bits per heavy atom. The number of carbonyl (C=O) groups is 1. The van der Waals surface area contributed by atoms with E-state index in [1.54, 1.807) is 0 Å². The fraction of sp³-hybridized carbons (Fsp3) is 0. The van der Waals surface area contributed by atoms with Crippen LogP contribution in [0, 0.1) is 10.1 Å². The summed E-state index contributed by atoms with van der Waals surface area (Å²) >= 11 is 0. The van der Waals surface area contributed by atoms with Crippen LogP contribution in [0.1, 0.15) is 10.4 Å². The summed E-state index contributed by atoms with van der Waals surface area (Å²) in [7, 11) is -4.36. The Morgan fingerprint density at radius 2 is 2.05 bits per heavy atom. The molecule has 0 amide bonds. The number of nitrogens with one attached hydrogen (secondary N) is 2. The first kappa shape index (κ1) is 14.5. The number of nitro benzene ring substituents is 1. The van der Waals surface area contributed by atoms with Gasteiger partial charge in [0, 0.05) is 6.07 Å². The third-order valence-electron chi connectivity index (χ3n) is 2.45. The molecule has 2 rings (SSSR count). The molecule has 1 heterocycles. The van der Waals surface area contributed by atoms with Gasteiger partial charge in [-0.3, -0.25) is 19.9 Å². The van der Waals surface area contributed by atoms with Crippen molar-refractivity contribution in [1.29, 1.82) is 0 Å². The van der Waals surface area contributed by atoms with Crippen LogP contribution in [0.5, 0.6) is 0 Å². The number of sulfonamides is 1. The van der Waals surface area contributed by atoms with Crippen molar-refractivity contribution < 1.29 is 23.2 Å². The molecular weight excluding hydrogens is 304 g/mol. The van der Waals surface area contributed by atoms with Crippen molar-refractivity contribution in [3.63, 3.8) is 0 Å². The van der Waals surface area contributed by atoms with Crippen LogP contribution in [0.3, 0.4) is 0 Å². The second-order valence-corrected chi connectivity index (χ2v) is 5.42. The average Bonchev–Trinajstić information content (AvgIpc) is 2.88. The van der Waals surface area contributed by atoms with Gasteiger partial charge in [-0.1, -0.05) is 12.1 Å². The van der Waals surface area contributed by atoms with Crippen molar-refractivity contribution in [2.75, 3.05) is 4.72 Å². The molecule has 0 aliphatic carbocycles. The van der Waals surface area contributed by atoms with Crippen LogP contribution in [0.15, 0.2) is 35.5 Å². The molecule has 0 radical (unpaired) electrons. The van der Waals surface area contributed by atoms with E-state index in [1.807, 2.05) is 9.82 Å². The van der Waals surface area contributed by atoms with E-state index < -0.39 is 37.2 Å². The van der Waals surface area contributed by atoms with Crippen LogP contribution >= 0.6 is 0 Å². The topological polar surface area (TPSA) is 155 Å². The summed E-state index contributed by atoms with van der Waals surface area (Å²) in [5.74, 6) is -1.49. The number of aromatic amines is 1. The van der Waals surface area contributed by atoms with Crippen molar-refractivity contribution in [3.8, 4) is 0 Å². The minimum atomic E-state index is -4.36. The number of carboxylic acids is 1. The summed E-state index contributed by atoms with van der Waals surface area (Å²) in [6.07, 6.45) is 0.830. The molecule has 0 spiro atoms. The van der Waals surface area contributed by atoms with Gasteiger partial charge in [0.25, 0.3) is 15.7 Å². The average molecular weight is 312 g/mol. The molecule has 21 heavy (non-hydrogen) atoms. The van der Waals surface area contributed by atoms with Gasteiger partial charge >= 0.3 is 5.97 Å². The smallest absolute Gasteiger partial charge is 0.340 e. The van der Waals surface area contributed by atoms with E-state index in [0.717, 1.165) is 12.3 Å². The van der Waals surface area contributed by atoms with E-state index in [0.29, 0.717) is 0 Å². The maximum atomic E-state index is 12.1. The minimum Gasteiger partial charge on any atom is -0.478 e. The number of rotatable bonds is 5. The molecule has 1 aromatic heterocycles. The van der Waals surface area contributed by atoms with E-state index in [-0.39, 0.29) is 5.69 Å². The van der Waals surface area contributed by atoms with Gasteiger partial charge in [0.2, 0.25) is 0 Å². The number of benzene rings is 1. The first-order valence-corrected chi connectivity index (χ1v) is 6.84. The molecule has 3 N–H and O–H groups in total. The number of nitro groups is 1. The maximum absolute atomic E-state index is 12.1. The summed E-state index contributed by atoms with van der Waals surface area (Å²) < 4.78 is 26.2. The Labute approximate surface area is 117 Å². The largest absolute Gasteiger partial charge is 0.478 e. The van der Waals surface area contributed by atoms with Crippen LogP contribution in [0.4, 0.5) is 11.4 Å². The molecule has 1 aromatic carbocycles. The Kier molecular flexibility index (Phi) is 3.58. The fourth-order valence-corrected chi connectivity index (χ4v) is 2.71. The number of H-pyrrole nitrogens is 1. The summed E-state index contributed by atoms with van der Waals surface area (Å²) in [6.45, 7) is 0. The predicted molar refractivity (Wildman–Crippen MR) is 69.5 cm³/mol. The van der Waals surface area contributed by atoms with Crippen LogP contribution in [-0.4, -0.2) is 34.6 Å². The SMILES string of the molecule is O=C(O)c1cn[nH]c1S(=O)(=O)Nc1ccccc1[N+](=O)[O-]. The highest BCUT2D eigenvalue weighted by atomic mass is 32.2. The third-order valence-corrected chi connectivity index (χ3v) is 3.79. The lowest BCUT2D eigenvalue weighted by molar-refractivity contribution is -0.383. The first-order valence-electron chi connectivity index (χ1n) is 5.36. The first-order chi connectivity index (χ1) is 9.83. The second kappa shape index (κ2) is 5.20. The van der Waals surface area contributed by atoms with Gasteiger partial charge in [-0.25, -0.2) is 4.79 Å². The lowest BCUT2D eigenvalue weighted by Crippen LogP contribution is -2.17. The Balaban J connectivity index is 2.46. The van der Waals surface area contributed by atoms with Gasteiger partial charge in [-0.05, 0) is 6.07 Å². The molecule has 0 saturated carbocycles. The summed E-state index contributed by atoms with van der Waals surface area (Å²) in [4.78, 5) is 21.0. The highest BCUT2D eigenvalue weighted by Crippen LogP contribution is 2.26. The Morgan fingerprint density at radius 1 is 1.38 bits per heavy atom. The van der Waals surface area contributed by atoms with Crippen LogP contribution in [0.25, 0.3) is 0 Å². The van der Waals surface area contributed by atoms with Crippen LogP contribution < -0.4 is 4.72 Å². The number of aromatic carboxylic acids is 1. The molecule has 0 atom stereocenters. The highest BCUT2D eigenvalue weighted by molar-refractivity contribution is 7.92. The molecule has 0 unspecified atom stereocenters. The van der Waals surface area contributed by atoms with E-state index in [1.165, 1.54) is 18.2 Å². The predicted octanol–water partition coefficient (Wildman–Crippen LogP) is 0.817. The Hall–Kier alpha value is -2.95. The van der Waals surface area contributed by atoms with E-state index >= 15 is 0 Å². The molecule has 11 heteroatoms. The zero-order chi connectivity index (χ0) is 15.6. The van der Waals surface area contributed by atoms with Gasteiger partial charge in [0.05, 0.1) is 11.1 Å². The quantitative estimate of drug-likeness (QED) is 0.545. The number of anilines is 1. The van der Waals surface area contributed by atoms with Gasteiger partial charge in [-0.2, -0.15) is 13.5 Å². The van der Waals surface area contributed by atoms with Crippen molar-refractivity contribution >= 4 is 27.4 Å². The molecule has 0 aliphatic heterocycles. The summed E-state index contributed by atoms with van der Waals surface area (Å²) in [6, 6.07) is 5.07. The number of hydrogen-bond donors (Lipinski definition) is 3. The van der Waals surface area contributed by atoms with E-state index in [2.05, 4.69) is 5.10 Å². The van der Waals surface area contributed by atoms with Gasteiger partial charge < -0.3 is 5.11 Å². The molecule has 10 nitrogen and oxygen atoms in total. The molecule has 2 aromatic rings. The van der Waals surface area contributed by atoms with Crippen molar-refractivity contribution in [3.05, 3.63) is 46.1 Å². The van der Waals surface area contributed by atoms with E-state index in [9.17, 15) is 23.3 Å². The van der Waals surface area contributed by atoms with Gasteiger partial charge in [0.15, 0.2) is 5.03 Å². The van der Waals surface area contributed by atoms with Crippen LogP contribution in [-0.2, 0) is 10.0 Å². The third kappa shape index (κ3) is 2.81. The zero-order valence-electron chi connectivity index (χ0n) is 10.2. The Bertz CT molecular complexity index is 812. The van der Waals surface area contributed by atoms with Gasteiger partial charge in [0.1, 0.15) is 11.3 Å². The maximum Gasteiger partial charge on any atom is 0.340 e. The second-order valence-electron chi connectivity index (χ2n) is 3.80. The molecule has 110 valence electrons. The molecular formula is C10H8N4O6S. The van der Waals surface area contributed by atoms with Crippen molar-refractivity contribution in [2.24, 2.45) is 0 Å². The minimum absolute atomic E-state index is 0.284. The highest BCUT2D eigenvalue weighted by Gasteiger charge is 2.27. The number of hydrogen-bond acceptors (Lipinski definition) is 6. The monoisotopic (exact) mass is 312 g/mol.